The highest BCUT2D eigenvalue weighted by molar-refractivity contribution is 7.84. The summed E-state index contributed by atoms with van der Waals surface area (Å²) in [6.07, 6.45) is 4.78. The molecule has 0 atom stereocenters. The Hall–Kier alpha value is -4.01. The lowest BCUT2D eigenvalue weighted by Crippen LogP contribution is -2.18. The number of nitriles is 1. The van der Waals surface area contributed by atoms with Gasteiger partial charge in [0.15, 0.2) is 5.65 Å². The van der Waals surface area contributed by atoms with E-state index in [4.69, 9.17) is 5.14 Å². The molecule has 11 heteroatoms. The lowest BCUT2D eigenvalue weighted by molar-refractivity contribution is 0.488. The third kappa shape index (κ3) is 3.98. The zero-order valence-corrected chi connectivity index (χ0v) is 15.5. The van der Waals surface area contributed by atoms with Crippen LogP contribution in [0, 0.1) is 11.3 Å². The number of hydrogen-bond acceptors (Lipinski definition) is 8. The molecule has 0 spiro atoms. The molecular formula is C18H13N7O3S. The van der Waals surface area contributed by atoms with Crippen LogP contribution in [-0.4, -0.2) is 28.0 Å². The highest BCUT2D eigenvalue weighted by Gasteiger charge is 2.11. The van der Waals surface area contributed by atoms with Crippen molar-refractivity contribution in [3.05, 3.63) is 66.9 Å². The largest absolute Gasteiger partial charge is 0.380 e. The van der Waals surface area contributed by atoms with E-state index in [9.17, 15) is 13.7 Å². The van der Waals surface area contributed by atoms with Crippen molar-refractivity contribution in [1.82, 2.24) is 19.6 Å². The van der Waals surface area contributed by atoms with E-state index in [1.54, 1.807) is 41.5 Å². The smallest absolute Gasteiger partial charge is 0.371 e. The van der Waals surface area contributed by atoms with Gasteiger partial charge in [-0.15, -0.1) is 0 Å². The average molecular weight is 407 g/mol. The van der Waals surface area contributed by atoms with Crippen molar-refractivity contribution in [3.63, 3.8) is 0 Å². The molecule has 0 aliphatic rings. The van der Waals surface area contributed by atoms with Crippen LogP contribution in [0.1, 0.15) is 5.69 Å². The van der Waals surface area contributed by atoms with Gasteiger partial charge < -0.3 is 4.18 Å². The molecule has 0 saturated heterocycles. The topological polar surface area (TPSA) is 149 Å². The predicted molar refractivity (Wildman–Crippen MR) is 105 cm³/mol. The minimum Gasteiger partial charge on any atom is -0.371 e. The molecule has 0 bridgehead atoms. The van der Waals surface area contributed by atoms with Crippen LogP contribution in [-0.2, 0) is 10.3 Å². The van der Waals surface area contributed by atoms with Gasteiger partial charge in [0.2, 0.25) is 0 Å². The summed E-state index contributed by atoms with van der Waals surface area (Å²) in [5.41, 5.74) is 6.52. The summed E-state index contributed by atoms with van der Waals surface area (Å²) in [5.74, 6) is 0.0629. The Morgan fingerprint density at radius 1 is 1.14 bits per heavy atom. The molecule has 0 unspecified atom stereocenters. The summed E-state index contributed by atoms with van der Waals surface area (Å²) in [4.78, 5) is 12.7. The first-order chi connectivity index (χ1) is 13.9. The molecule has 0 aliphatic heterocycles. The molecule has 4 rings (SSSR count). The quantitative estimate of drug-likeness (QED) is 0.509. The standard InChI is InChI=1S/C18H13N7O3S/c19-9-17-15(12-3-5-14(6-4-12)28-29(20,26)27)8-13(10-22-17)24-25-11-23-16-2-1-7-21-18(16)25/h1-8,10-11,24H,(H2,20,26,27). The second-order valence-corrected chi connectivity index (χ2v) is 7.06. The number of hydrogen-bond donors (Lipinski definition) is 2. The number of fused-ring (bicyclic) bond motifs is 1. The lowest BCUT2D eigenvalue weighted by Gasteiger charge is -2.11. The van der Waals surface area contributed by atoms with Gasteiger partial charge in [0.05, 0.1) is 11.9 Å². The number of rotatable bonds is 5. The van der Waals surface area contributed by atoms with Crippen molar-refractivity contribution in [2.45, 2.75) is 0 Å². The maximum atomic E-state index is 11.0. The number of nitrogens with zero attached hydrogens (tertiary/aromatic N) is 5. The van der Waals surface area contributed by atoms with E-state index < -0.39 is 10.3 Å². The van der Waals surface area contributed by atoms with Crippen LogP contribution >= 0.6 is 0 Å². The molecule has 4 aromatic rings. The summed E-state index contributed by atoms with van der Waals surface area (Å²) < 4.78 is 28.3. The molecule has 3 N–H and O–H groups in total. The maximum Gasteiger partial charge on any atom is 0.380 e. The fourth-order valence-electron chi connectivity index (χ4n) is 2.73. The van der Waals surface area contributed by atoms with E-state index in [1.807, 2.05) is 12.1 Å². The number of nitrogens with one attached hydrogen (secondary N) is 1. The molecule has 3 heterocycles. The Morgan fingerprint density at radius 3 is 2.66 bits per heavy atom. The van der Waals surface area contributed by atoms with Crippen LogP contribution in [0.4, 0.5) is 5.69 Å². The molecule has 0 amide bonds. The van der Waals surface area contributed by atoms with Gasteiger partial charge >= 0.3 is 10.3 Å². The van der Waals surface area contributed by atoms with Crippen LogP contribution < -0.4 is 14.7 Å². The van der Waals surface area contributed by atoms with Gasteiger partial charge in [-0.2, -0.15) is 18.8 Å². The summed E-state index contributed by atoms with van der Waals surface area (Å²) in [6.45, 7) is 0. The van der Waals surface area contributed by atoms with Crippen LogP contribution in [0.3, 0.4) is 0 Å². The highest BCUT2D eigenvalue weighted by atomic mass is 32.2. The van der Waals surface area contributed by atoms with Gasteiger partial charge in [-0.05, 0) is 35.9 Å². The first kappa shape index (κ1) is 18.4. The zero-order chi connectivity index (χ0) is 20.4. The predicted octanol–water partition coefficient (Wildman–Crippen LogP) is 1.82. The van der Waals surface area contributed by atoms with Crippen LogP contribution in [0.2, 0.25) is 0 Å². The van der Waals surface area contributed by atoms with E-state index in [-0.39, 0.29) is 11.4 Å². The Morgan fingerprint density at radius 2 is 1.93 bits per heavy atom. The fraction of sp³-hybridized carbons (Fsp3) is 0. The summed E-state index contributed by atoms with van der Waals surface area (Å²) in [6, 6.07) is 13.5. The van der Waals surface area contributed by atoms with E-state index in [2.05, 4.69) is 24.6 Å². The van der Waals surface area contributed by atoms with Crippen LogP contribution in [0.15, 0.2) is 61.2 Å². The van der Waals surface area contributed by atoms with E-state index in [1.165, 1.54) is 18.3 Å². The molecular weight excluding hydrogens is 394 g/mol. The second kappa shape index (κ2) is 7.19. The SMILES string of the molecule is N#Cc1ncc(Nn2cnc3cccnc32)cc1-c1ccc(OS(N)(=O)=O)cc1. The molecule has 3 aromatic heterocycles. The van der Waals surface area contributed by atoms with E-state index in [0.29, 0.717) is 22.5 Å². The number of anilines is 1. The van der Waals surface area contributed by atoms with Gasteiger partial charge in [-0.25, -0.2) is 19.6 Å². The Labute approximate surface area is 165 Å². The number of aromatic nitrogens is 4. The minimum absolute atomic E-state index is 0.0629. The molecule has 10 nitrogen and oxygen atoms in total. The monoisotopic (exact) mass is 407 g/mol. The van der Waals surface area contributed by atoms with Gasteiger partial charge in [0.1, 0.15) is 29.4 Å². The molecule has 1 aromatic carbocycles. The third-order valence-corrected chi connectivity index (χ3v) is 4.35. The minimum atomic E-state index is -4.11. The fourth-order valence-corrected chi connectivity index (χ4v) is 3.11. The lowest BCUT2D eigenvalue weighted by atomic mass is 10.0. The van der Waals surface area contributed by atoms with E-state index in [0.717, 1.165) is 5.52 Å². The van der Waals surface area contributed by atoms with Crippen molar-refractivity contribution >= 4 is 27.2 Å². The molecule has 0 fully saturated rings. The molecule has 0 radical (unpaired) electrons. The first-order valence-electron chi connectivity index (χ1n) is 8.21. The third-order valence-electron chi connectivity index (χ3n) is 3.93. The van der Waals surface area contributed by atoms with Crippen molar-refractivity contribution in [2.75, 3.05) is 5.43 Å². The van der Waals surface area contributed by atoms with Crippen molar-refractivity contribution < 1.29 is 12.6 Å². The highest BCUT2D eigenvalue weighted by Crippen LogP contribution is 2.27. The molecule has 144 valence electrons. The van der Waals surface area contributed by atoms with Crippen LogP contribution in [0.5, 0.6) is 5.75 Å². The van der Waals surface area contributed by atoms with E-state index >= 15 is 0 Å². The summed E-state index contributed by atoms with van der Waals surface area (Å²) >= 11 is 0. The van der Waals surface area contributed by atoms with Gasteiger partial charge in [0, 0.05) is 11.8 Å². The number of imidazole rings is 1. The second-order valence-electron chi connectivity index (χ2n) is 5.90. The number of benzene rings is 1. The first-order valence-corrected chi connectivity index (χ1v) is 9.68. The maximum absolute atomic E-state index is 11.0. The zero-order valence-electron chi connectivity index (χ0n) is 14.7. The molecule has 29 heavy (non-hydrogen) atoms. The van der Waals surface area contributed by atoms with Crippen molar-refractivity contribution in [2.24, 2.45) is 5.14 Å². The Kier molecular flexibility index (Phi) is 4.55. The van der Waals surface area contributed by atoms with Gasteiger partial charge in [-0.1, -0.05) is 12.1 Å². The number of pyridine rings is 2. The molecule has 0 saturated carbocycles. The van der Waals surface area contributed by atoms with Crippen molar-refractivity contribution in [1.29, 1.82) is 5.26 Å². The normalized spacial score (nSPS) is 11.2. The molecule has 0 aliphatic carbocycles. The summed E-state index contributed by atoms with van der Waals surface area (Å²) in [5, 5.41) is 14.3. The average Bonchev–Trinajstić information content (AvgIpc) is 3.10. The van der Waals surface area contributed by atoms with Crippen LogP contribution in [0.25, 0.3) is 22.3 Å². The summed E-state index contributed by atoms with van der Waals surface area (Å²) in [7, 11) is -4.11. The van der Waals surface area contributed by atoms with Crippen molar-refractivity contribution in [3.8, 4) is 22.9 Å². The van der Waals surface area contributed by atoms with Gasteiger partial charge in [-0.3, -0.25) is 5.43 Å². The van der Waals surface area contributed by atoms with Gasteiger partial charge in [0.25, 0.3) is 0 Å². The Bertz CT molecular complexity index is 1340. The number of nitrogens with two attached hydrogens (primary N) is 1. The Balaban J connectivity index is 1.68.